The Balaban J connectivity index is 1.82. The van der Waals surface area contributed by atoms with Crippen molar-refractivity contribution in [2.45, 2.75) is 51.6 Å². The fraction of sp³-hybridized carbons (Fsp3) is 0.375. The number of hydrogen-bond donors (Lipinski definition) is 0. The zero-order valence-electron chi connectivity index (χ0n) is 16.1. The number of rotatable bonds is 6. The molecule has 2 aromatic carbocycles. The van der Waals surface area contributed by atoms with Crippen LogP contribution in [0.4, 0.5) is 11.4 Å². The molecule has 27 heavy (non-hydrogen) atoms. The number of amides is 1. The predicted molar refractivity (Wildman–Crippen MR) is 111 cm³/mol. The van der Waals surface area contributed by atoms with Crippen molar-refractivity contribution in [3.8, 4) is 0 Å². The number of carbonyl (C=O) groups excluding carboxylic acids is 1. The van der Waals surface area contributed by atoms with Crippen LogP contribution in [0.25, 0.3) is 0 Å². The van der Waals surface area contributed by atoms with Crippen LogP contribution >= 0.6 is 0 Å². The monoisotopic (exact) mass is 360 g/mol. The maximum absolute atomic E-state index is 13.3. The first-order valence-electron chi connectivity index (χ1n) is 10.2. The highest BCUT2D eigenvalue weighted by Crippen LogP contribution is 2.42. The van der Waals surface area contributed by atoms with Crippen LogP contribution in [0.15, 0.2) is 71.8 Å². The Bertz CT molecular complexity index is 773. The maximum atomic E-state index is 13.3. The minimum Gasteiger partial charge on any atom is -0.317 e. The van der Waals surface area contributed by atoms with E-state index >= 15 is 0 Å². The van der Waals surface area contributed by atoms with E-state index in [4.69, 9.17) is 0 Å². The van der Waals surface area contributed by atoms with Crippen molar-refractivity contribution in [3.05, 3.63) is 71.8 Å². The standard InChI is InChI=1S/C24H28N2O/c1-2-3-18-25-23(21-16-10-11-17-22(21)24(25)27)26(19-12-6-4-7-13-19)20-14-8-5-9-15-20/h4-9,12-15,23H,2-3,10-11,16-18H2,1H3. The molecule has 2 aliphatic rings. The van der Waals surface area contributed by atoms with Crippen molar-refractivity contribution in [2.24, 2.45) is 0 Å². The topological polar surface area (TPSA) is 23.6 Å². The summed E-state index contributed by atoms with van der Waals surface area (Å²) in [5, 5.41) is 0. The van der Waals surface area contributed by atoms with Gasteiger partial charge in [-0.15, -0.1) is 0 Å². The molecule has 3 nitrogen and oxygen atoms in total. The average Bonchev–Trinajstić information content (AvgIpc) is 3.00. The van der Waals surface area contributed by atoms with Gasteiger partial charge >= 0.3 is 0 Å². The fourth-order valence-corrected chi connectivity index (χ4v) is 4.39. The van der Waals surface area contributed by atoms with Crippen LogP contribution in [0.2, 0.25) is 0 Å². The maximum Gasteiger partial charge on any atom is 0.251 e. The van der Waals surface area contributed by atoms with E-state index in [0.717, 1.165) is 55.6 Å². The van der Waals surface area contributed by atoms with Gasteiger partial charge in [0.15, 0.2) is 0 Å². The van der Waals surface area contributed by atoms with Crippen molar-refractivity contribution in [3.63, 3.8) is 0 Å². The summed E-state index contributed by atoms with van der Waals surface area (Å²) >= 11 is 0. The van der Waals surface area contributed by atoms with Gasteiger partial charge in [0, 0.05) is 23.5 Å². The SMILES string of the molecule is CCCCN1C(=O)C2=C(CCCC2)C1N(c1ccccc1)c1ccccc1. The Hall–Kier alpha value is -2.55. The Morgan fingerprint density at radius 3 is 2.11 bits per heavy atom. The molecule has 4 rings (SSSR count). The Morgan fingerprint density at radius 1 is 0.926 bits per heavy atom. The van der Waals surface area contributed by atoms with Crippen molar-refractivity contribution in [2.75, 3.05) is 11.4 Å². The van der Waals surface area contributed by atoms with Crippen molar-refractivity contribution < 1.29 is 4.79 Å². The molecule has 3 heteroatoms. The smallest absolute Gasteiger partial charge is 0.251 e. The summed E-state index contributed by atoms with van der Waals surface area (Å²) in [6, 6.07) is 21.0. The Labute approximate surface area is 162 Å². The largest absolute Gasteiger partial charge is 0.317 e. The molecule has 2 aromatic rings. The zero-order chi connectivity index (χ0) is 18.6. The summed E-state index contributed by atoms with van der Waals surface area (Å²) in [5.41, 5.74) is 4.71. The second-order valence-electron chi connectivity index (χ2n) is 7.48. The minimum atomic E-state index is 0.00384. The van der Waals surface area contributed by atoms with Crippen LogP contribution < -0.4 is 4.90 Å². The summed E-state index contributed by atoms with van der Waals surface area (Å²) in [6.45, 7) is 3.01. The van der Waals surface area contributed by atoms with Gasteiger partial charge in [-0.05, 0) is 61.9 Å². The summed E-state index contributed by atoms with van der Waals surface area (Å²) in [5.74, 6) is 0.264. The second kappa shape index (κ2) is 7.99. The van der Waals surface area contributed by atoms with E-state index in [2.05, 4.69) is 65.3 Å². The normalized spacial score (nSPS) is 19.4. The van der Waals surface area contributed by atoms with Gasteiger partial charge in [-0.1, -0.05) is 49.7 Å². The molecule has 0 bridgehead atoms. The van der Waals surface area contributed by atoms with Gasteiger partial charge in [0.25, 0.3) is 5.91 Å². The van der Waals surface area contributed by atoms with Crippen molar-refractivity contribution in [1.29, 1.82) is 0 Å². The highest BCUT2D eigenvalue weighted by Gasteiger charge is 2.42. The lowest BCUT2D eigenvalue weighted by molar-refractivity contribution is -0.127. The molecule has 1 unspecified atom stereocenters. The molecule has 1 heterocycles. The highest BCUT2D eigenvalue weighted by molar-refractivity contribution is 5.99. The van der Waals surface area contributed by atoms with Crippen LogP contribution in [0.3, 0.4) is 0 Å². The number of carbonyl (C=O) groups is 1. The van der Waals surface area contributed by atoms with Crippen molar-refractivity contribution in [1.82, 2.24) is 4.90 Å². The number of hydrogen-bond acceptors (Lipinski definition) is 2. The zero-order valence-corrected chi connectivity index (χ0v) is 16.1. The molecule has 0 fully saturated rings. The third-order valence-corrected chi connectivity index (χ3v) is 5.70. The van der Waals surface area contributed by atoms with E-state index in [-0.39, 0.29) is 12.1 Å². The molecule has 0 saturated heterocycles. The third kappa shape index (κ3) is 3.39. The summed E-state index contributed by atoms with van der Waals surface area (Å²) < 4.78 is 0. The van der Waals surface area contributed by atoms with Gasteiger partial charge in [0.2, 0.25) is 0 Å². The van der Waals surface area contributed by atoms with Crippen LogP contribution in [0, 0.1) is 0 Å². The number of anilines is 2. The van der Waals surface area contributed by atoms with E-state index in [1.807, 2.05) is 12.1 Å². The summed E-state index contributed by atoms with van der Waals surface area (Å²) in [7, 11) is 0. The van der Waals surface area contributed by atoms with E-state index in [9.17, 15) is 4.79 Å². The lowest BCUT2D eigenvalue weighted by Crippen LogP contribution is -2.46. The number of benzene rings is 2. The number of nitrogens with zero attached hydrogens (tertiary/aromatic N) is 2. The third-order valence-electron chi connectivity index (χ3n) is 5.70. The average molecular weight is 361 g/mol. The first kappa shape index (κ1) is 17.8. The number of para-hydroxylation sites is 2. The number of unbranched alkanes of at least 4 members (excludes halogenated alkanes) is 1. The van der Waals surface area contributed by atoms with E-state index in [0.29, 0.717) is 0 Å². The molecule has 0 saturated carbocycles. The minimum absolute atomic E-state index is 0.00384. The lowest BCUT2D eigenvalue weighted by Gasteiger charge is -2.39. The fourth-order valence-electron chi connectivity index (χ4n) is 4.39. The van der Waals surface area contributed by atoms with Crippen LogP contribution in [-0.2, 0) is 4.79 Å². The van der Waals surface area contributed by atoms with Gasteiger partial charge in [-0.3, -0.25) is 4.79 Å². The lowest BCUT2D eigenvalue weighted by atomic mass is 9.92. The molecular weight excluding hydrogens is 332 g/mol. The molecule has 0 radical (unpaired) electrons. The molecule has 1 aliphatic heterocycles. The summed E-state index contributed by atoms with van der Waals surface area (Å²) in [4.78, 5) is 17.8. The Kier molecular flexibility index (Phi) is 5.28. The first-order chi connectivity index (χ1) is 13.3. The van der Waals surface area contributed by atoms with Crippen molar-refractivity contribution >= 4 is 17.3 Å². The second-order valence-corrected chi connectivity index (χ2v) is 7.48. The molecule has 0 aromatic heterocycles. The molecule has 1 atom stereocenters. The molecule has 140 valence electrons. The van der Waals surface area contributed by atoms with Crippen LogP contribution in [-0.4, -0.2) is 23.5 Å². The first-order valence-corrected chi connectivity index (χ1v) is 10.2. The van der Waals surface area contributed by atoms with Crippen LogP contribution in [0.5, 0.6) is 0 Å². The molecule has 0 N–H and O–H groups in total. The summed E-state index contributed by atoms with van der Waals surface area (Å²) in [6.07, 6.45) is 6.43. The molecule has 1 amide bonds. The van der Waals surface area contributed by atoms with Gasteiger partial charge < -0.3 is 9.80 Å². The molecule has 0 spiro atoms. The highest BCUT2D eigenvalue weighted by atomic mass is 16.2. The quantitative estimate of drug-likeness (QED) is 0.663. The van der Waals surface area contributed by atoms with E-state index < -0.39 is 0 Å². The molecule has 1 aliphatic carbocycles. The van der Waals surface area contributed by atoms with Gasteiger partial charge in [-0.25, -0.2) is 0 Å². The Morgan fingerprint density at radius 2 is 1.52 bits per heavy atom. The van der Waals surface area contributed by atoms with E-state index in [1.165, 1.54) is 12.0 Å². The van der Waals surface area contributed by atoms with Crippen LogP contribution in [0.1, 0.15) is 45.4 Å². The molecular formula is C24H28N2O. The van der Waals surface area contributed by atoms with E-state index in [1.54, 1.807) is 0 Å². The van der Waals surface area contributed by atoms with Gasteiger partial charge in [-0.2, -0.15) is 0 Å². The predicted octanol–water partition coefficient (Wildman–Crippen LogP) is 5.66. The van der Waals surface area contributed by atoms with Gasteiger partial charge in [0.1, 0.15) is 6.17 Å². The van der Waals surface area contributed by atoms with Gasteiger partial charge in [0.05, 0.1) is 0 Å².